The zero-order valence-electron chi connectivity index (χ0n) is 35.8. The average molecular weight is 815 g/mol. The highest BCUT2D eigenvalue weighted by Gasteiger charge is 2.39. The fourth-order valence-electron chi connectivity index (χ4n) is 6.58. The summed E-state index contributed by atoms with van der Waals surface area (Å²) < 4.78 is 34.6. The van der Waals surface area contributed by atoms with Crippen LogP contribution in [-0.4, -0.2) is 97.2 Å². The monoisotopic (exact) mass is 815 g/mol. The fourth-order valence-corrected chi connectivity index (χ4v) is 7.32. The Morgan fingerprint density at radius 1 is 0.839 bits per heavy atom. The van der Waals surface area contributed by atoms with Crippen molar-refractivity contribution in [3.8, 4) is 0 Å². The molecular formula is C44H81NO10P+. The van der Waals surface area contributed by atoms with Crippen molar-refractivity contribution < 1.29 is 52.3 Å². The third kappa shape index (κ3) is 28.5. The highest BCUT2D eigenvalue weighted by molar-refractivity contribution is 7.47. The van der Waals surface area contributed by atoms with Crippen molar-refractivity contribution in [1.82, 2.24) is 0 Å². The summed E-state index contributed by atoms with van der Waals surface area (Å²) >= 11 is 0. The van der Waals surface area contributed by atoms with E-state index in [2.05, 4.69) is 13.8 Å². The highest BCUT2D eigenvalue weighted by Crippen LogP contribution is 2.43. The zero-order chi connectivity index (χ0) is 41.5. The summed E-state index contributed by atoms with van der Waals surface area (Å²) in [5.74, 6) is -1.05. The number of ether oxygens (including phenoxy) is 2. The van der Waals surface area contributed by atoms with E-state index in [1.807, 2.05) is 39.4 Å². The molecule has 1 aliphatic rings. The van der Waals surface area contributed by atoms with Crippen molar-refractivity contribution in [3.05, 3.63) is 36.6 Å². The minimum Gasteiger partial charge on any atom is -0.492 e. The molecule has 11 nitrogen and oxygen atoms in total. The lowest BCUT2D eigenvalue weighted by atomic mass is 9.90. The molecule has 0 heterocycles. The van der Waals surface area contributed by atoms with Crippen LogP contribution in [0.25, 0.3) is 0 Å². The van der Waals surface area contributed by atoms with E-state index >= 15 is 0 Å². The van der Waals surface area contributed by atoms with Crippen LogP contribution in [0.15, 0.2) is 36.6 Å². The Morgan fingerprint density at radius 2 is 1.45 bits per heavy atom. The maximum absolute atomic E-state index is 12.6. The summed E-state index contributed by atoms with van der Waals surface area (Å²) in [6, 6.07) is 0. The predicted octanol–water partition coefficient (Wildman–Crippen LogP) is 9.54. The van der Waals surface area contributed by atoms with Crippen LogP contribution >= 0.6 is 7.82 Å². The molecule has 0 bridgehead atoms. The predicted molar refractivity (Wildman–Crippen MR) is 225 cm³/mol. The standard InChI is InChI=1S/C44H80NO10P/c1-6-8-10-11-12-13-14-15-16-17-18-19-22-26-33-52-39(37-55-56(50,51)54-34-32-45(3,4)5)36-53-44(49)29-25-21-20-24-28-40-41(43(48)35-42(40)47)31-30-38(46)27-23-9-7-2/h20,24,26,30-31,33,38-41,43,46,48H,6-19,21-23,25,27-29,32,34-37H2,1-5H3/p+1/b24-20-,31-30+,33-26+/t38-,39+,40+,41+,43+/m0/s1. The van der Waals surface area contributed by atoms with Crippen molar-refractivity contribution in [2.24, 2.45) is 11.8 Å². The molecule has 6 atom stereocenters. The summed E-state index contributed by atoms with van der Waals surface area (Å²) in [7, 11) is 1.53. The molecule has 0 aromatic rings. The number of carbonyl (C=O) groups is 2. The molecule has 0 radical (unpaired) electrons. The molecule has 0 aromatic heterocycles. The van der Waals surface area contributed by atoms with E-state index in [0.29, 0.717) is 36.7 Å². The van der Waals surface area contributed by atoms with Crippen LogP contribution in [0.5, 0.6) is 0 Å². The lowest BCUT2D eigenvalue weighted by Gasteiger charge is -2.24. The maximum atomic E-state index is 12.6. The van der Waals surface area contributed by atoms with Gasteiger partial charge in [-0.25, -0.2) is 4.57 Å². The molecule has 12 heteroatoms. The zero-order valence-corrected chi connectivity index (χ0v) is 36.7. The minimum atomic E-state index is -4.33. The number of phosphoric acid groups is 1. The number of nitrogens with zero attached hydrogens (tertiary/aromatic N) is 1. The first kappa shape index (κ1) is 52.2. The highest BCUT2D eigenvalue weighted by atomic mass is 31.2. The van der Waals surface area contributed by atoms with Crippen molar-refractivity contribution in [2.75, 3.05) is 47.5 Å². The molecule has 1 fully saturated rings. The van der Waals surface area contributed by atoms with Gasteiger partial charge in [0.2, 0.25) is 0 Å². The molecule has 1 aliphatic carbocycles. The second-order valence-corrected chi connectivity index (χ2v) is 18.0. The average Bonchev–Trinajstić information content (AvgIpc) is 3.41. The molecule has 1 rings (SSSR count). The van der Waals surface area contributed by atoms with E-state index in [9.17, 15) is 29.3 Å². The van der Waals surface area contributed by atoms with Gasteiger partial charge < -0.3 is 29.1 Å². The number of hydrogen-bond donors (Lipinski definition) is 3. The normalized spacial score (nSPS) is 20.0. The minimum absolute atomic E-state index is 0.0223. The molecule has 0 amide bonds. The first-order chi connectivity index (χ1) is 26.8. The number of phosphoric ester groups is 1. The Hall–Kier alpha value is -1.85. The number of unbranched alkanes of at least 4 members (excludes halogenated alkanes) is 15. The molecule has 0 saturated heterocycles. The Balaban J connectivity index is 2.48. The van der Waals surface area contributed by atoms with Crippen LogP contribution in [0.1, 0.15) is 155 Å². The van der Waals surface area contributed by atoms with Crippen LogP contribution in [0.2, 0.25) is 0 Å². The summed E-state index contributed by atoms with van der Waals surface area (Å²) in [5, 5.41) is 20.7. The van der Waals surface area contributed by atoms with E-state index in [1.165, 1.54) is 64.2 Å². The number of ketones is 1. The van der Waals surface area contributed by atoms with E-state index in [1.54, 1.807) is 18.4 Å². The second-order valence-electron chi connectivity index (χ2n) is 16.6. The van der Waals surface area contributed by atoms with Gasteiger partial charge in [0.05, 0.1) is 46.2 Å². The number of carbonyl (C=O) groups excluding carboxylic acids is 2. The van der Waals surface area contributed by atoms with Crippen LogP contribution in [-0.2, 0) is 32.7 Å². The molecular weight excluding hydrogens is 733 g/mol. The SMILES string of the molecule is CCCCCCCCCCCCCC/C=C/O[C@H](COC(=O)CCC/C=C\C[C@H]1C(=O)C[C@@H](O)[C@@H]1/C=C/[C@@H](O)CCCCC)COP(=O)(O)OCC[N+](C)(C)C. The van der Waals surface area contributed by atoms with Crippen molar-refractivity contribution in [2.45, 2.75) is 173 Å². The number of esters is 1. The van der Waals surface area contributed by atoms with Gasteiger partial charge in [0.25, 0.3) is 0 Å². The van der Waals surface area contributed by atoms with Gasteiger partial charge in [0.1, 0.15) is 25.5 Å². The van der Waals surface area contributed by atoms with E-state index in [4.69, 9.17) is 18.5 Å². The molecule has 1 unspecified atom stereocenters. The van der Waals surface area contributed by atoms with E-state index in [0.717, 1.165) is 38.5 Å². The summed E-state index contributed by atoms with van der Waals surface area (Å²) in [5.41, 5.74) is 0. The number of aliphatic hydroxyl groups excluding tert-OH is 2. The number of hydrogen-bond acceptors (Lipinski definition) is 9. The van der Waals surface area contributed by atoms with Crippen LogP contribution in [0.3, 0.4) is 0 Å². The number of aliphatic hydroxyl groups is 2. The Bertz CT molecular complexity index is 1150. The van der Waals surface area contributed by atoms with Crippen molar-refractivity contribution in [1.29, 1.82) is 0 Å². The van der Waals surface area contributed by atoms with E-state index in [-0.39, 0.29) is 50.3 Å². The molecule has 0 aromatic carbocycles. The maximum Gasteiger partial charge on any atom is 0.472 e. The molecule has 1 saturated carbocycles. The number of likely N-dealkylation sites (N-methyl/N-ethyl adjacent to an activating group) is 1. The summed E-state index contributed by atoms with van der Waals surface area (Å²) in [4.78, 5) is 35.3. The number of allylic oxidation sites excluding steroid dienone is 3. The van der Waals surface area contributed by atoms with Gasteiger partial charge in [-0.05, 0) is 44.6 Å². The van der Waals surface area contributed by atoms with Gasteiger partial charge in [-0.15, -0.1) is 0 Å². The molecule has 0 spiro atoms. The van der Waals surface area contributed by atoms with Gasteiger partial charge in [0, 0.05) is 24.7 Å². The first-order valence-corrected chi connectivity index (χ1v) is 23.4. The van der Waals surface area contributed by atoms with Gasteiger partial charge in [-0.3, -0.25) is 18.6 Å². The van der Waals surface area contributed by atoms with Gasteiger partial charge in [0.15, 0.2) is 6.10 Å². The molecule has 56 heavy (non-hydrogen) atoms. The van der Waals surface area contributed by atoms with E-state index < -0.39 is 32.1 Å². The number of rotatable bonds is 36. The van der Waals surface area contributed by atoms with Crippen molar-refractivity contribution >= 4 is 19.6 Å². The summed E-state index contributed by atoms with van der Waals surface area (Å²) in [6.45, 7) is 4.49. The fraction of sp³-hybridized carbons (Fsp3) is 0.818. The summed E-state index contributed by atoms with van der Waals surface area (Å²) in [6.07, 6.45) is 30.7. The first-order valence-electron chi connectivity index (χ1n) is 21.9. The second kappa shape index (κ2) is 32.1. The van der Waals surface area contributed by atoms with Gasteiger partial charge in [-0.1, -0.05) is 128 Å². The number of quaternary nitrogens is 1. The Kier molecular flexibility index (Phi) is 29.9. The van der Waals surface area contributed by atoms with Crippen molar-refractivity contribution in [3.63, 3.8) is 0 Å². The lowest BCUT2D eigenvalue weighted by molar-refractivity contribution is -0.870. The van der Waals surface area contributed by atoms with Gasteiger partial charge in [-0.2, -0.15) is 0 Å². The number of Topliss-reactive ketones (excluding diaryl/α,β-unsaturated/α-hetero) is 1. The van der Waals surface area contributed by atoms with Gasteiger partial charge >= 0.3 is 13.8 Å². The largest absolute Gasteiger partial charge is 0.492 e. The third-order valence-electron chi connectivity index (χ3n) is 10.2. The third-order valence-corrected chi connectivity index (χ3v) is 11.1. The van der Waals surface area contributed by atoms with Crippen LogP contribution < -0.4 is 0 Å². The Labute approximate surface area is 340 Å². The van der Waals surface area contributed by atoms with Crippen LogP contribution in [0.4, 0.5) is 0 Å². The Morgan fingerprint density at radius 3 is 2.09 bits per heavy atom. The molecule has 326 valence electrons. The topological polar surface area (TPSA) is 149 Å². The smallest absolute Gasteiger partial charge is 0.472 e. The molecule has 3 N–H and O–H groups in total. The lowest BCUT2D eigenvalue weighted by Crippen LogP contribution is -2.37. The molecule has 0 aliphatic heterocycles. The quantitative estimate of drug-likeness (QED) is 0.0139. The van der Waals surface area contributed by atoms with Crippen LogP contribution in [0, 0.1) is 11.8 Å².